The molecule has 0 atom stereocenters. The molecule has 3 rings (SSSR count). The van der Waals surface area contributed by atoms with Crippen molar-refractivity contribution in [3.05, 3.63) is 18.7 Å². The highest BCUT2D eigenvalue weighted by atomic mass is 32.2. The third-order valence-electron chi connectivity index (χ3n) is 5.48. The van der Waals surface area contributed by atoms with Crippen LogP contribution in [0.25, 0.3) is 0 Å². The van der Waals surface area contributed by atoms with E-state index in [0.29, 0.717) is 17.6 Å². The number of aromatic nitrogens is 2. The molecule has 5 nitrogen and oxygen atoms in total. The predicted molar refractivity (Wildman–Crippen MR) is 91.5 cm³/mol. The van der Waals surface area contributed by atoms with Gasteiger partial charge in [0, 0.05) is 32.0 Å². The van der Waals surface area contributed by atoms with E-state index in [-0.39, 0.29) is 0 Å². The second-order valence-electron chi connectivity index (χ2n) is 7.21. The summed E-state index contributed by atoms with van der Waals surface area (Å²) >= 11 is 0. The van der Waals surface area contributed by atoms with Crippen molar-refractivity contribution in [3.8, 4) is 0 Å². The van der Waals surface area contributed by atoms with Crippen LogP contribution < -0.4 is 0 Å². The predicted octanol–water partition coefficient (Wildman–Crippen LogP) is 2.90. The first-order valence-electron chi connectivity index (χ1n) is 9.07. The molecular formula is C17H29N3O2S. The van der Waals surface area contributed by atoms with E-state index in [9.17, 15) is 8.42 Å². The molecule has 23 heavy (non-hydrogen) atoms. The first kappa shape index (κ1) is 17.0. The summed E-state index contributed by atoms with van der Waals surface area (Å²) in [4.78, 5) is 4.06. The Morgan fingerprint density at radius 2 is 1.78 bits per heavy atom. The van der Waals surface area contributed by atoms with E-state index in [0.717, 1.165) is 51.7 Å². The quantitative estimate of drug-likeness (QED) is 0.767. The Hall–Kier alpha value is -0.880. The standard InChI is InChI=1S/C17H29N3O2S/c21-23(22,14-17-4-1-2-5-17)20-11-7-16(8-12-20)6-3-10-19-13-9-18-15-19/h9,13,15-17H,1-8,10-12,14H2. The average Bonchev–Trinajstić information content (AvgIpc) is 3.21. The van der Waals surface area contributed by atoms with Gasteiger partial charge in [-0.15, -0.1) is 0 Å². The SMILES string of the molecule is O=S(=O)(CC1CCCC1)N1CCC(CCCn2ccnc2)CC1. The van der Waals surface area contributed by atoms with Crippen molar-refractivity contribution in [1.29, 1.82) is 0 Å². The molecular weight excluding hydrogens is 310 g/mol. The monoisotopic (exact) mass is 339 g/mol. The zero-order valence-electron chi connectivity index (χ0n) is 13.9. The molecule has 1 saturated carbocycles. The topological polar surface area (TPSA) is 55.2 Å². The van der Waals surface area contributed by atoms with Crippen LogP contribution in [0.3, 0.4) is 0 Å². The van der Waals surface area contributed by atoms with E-state index < -0.39 is 10.0 Å². The van der Waals surface area contributed by atoms with Gasteiger partial charge in [-0.1, -0.05) is 12.8 Å². The second-order valence-corrected chi connectivity index (χ2v) is 9.23. The highest BCUT2D eigenvalue weighted by Gasteiger charge is 2.30. The molecule has 2 aliphatic rings. The minimum absolute atomic E-state index is 0.387. The summed E-state index contributed by atoms with van der Waals surface area (Å²) in [6, 6.07) is 0. The maximum absolute atomic E-state index is 12.5. The summed E-state index contributed by atoms with van der Waals surface area (Å²) in [5, 5.41) is 0. The molecule has 130 valence electrons. The Morgan fingerprint density at radius 3 is 2.43 bits per heavy atom. The number of imidazole rings is 1. The lowest BCUT2D eigenvalue weighted by atomic mass is 9.93. The van der Waals surface area contributed by atoms with Crippen LogP contribution in [0.2, 0.25) is 0 Å². The van der Waals surface area contributed by atoms with Gasteiger partial charge in [0.15, 0.2) is 0 Å². The van der Waals surface area contributed by atoms with E-state index in [1.54, 1.807) is 4.31 Å². The third kappa shape index (κ3) is 4.80. The molecule has 0 radical (unpaired) electrons. The molecule has 1 saturated heterocycles. The molecule has 1 aromatic rings. The fourth-order valence-corrected chi connectivity index (χ4v) is 5.94. The molecule has 2 fully saturated rings. The summed E-state index contributed by atoms with van der Waals surface area (Å²) in [7, 11) is -3.03. The number of nitrogens with zero attached hydrogens (tertiary/aromatic N) is 3. The van der Waals surface area contributed by atoms with E-state index in [1.165, 1.54) is 19.3 Å². The lowest BCUT2D eigenvalue weighted by Gasteiger charge is -2.32. The Morgan fingerprint density at radius 1 is 1.04 bits per heavy atom. The maximum atomic E-state index is 12.5. The first-order valence-corrected chi connectivity index (χ1v) is 10.7. The van der Waals surface area contributed by atoms with Crippen LogP contribution >= 0.6 is 0 Å². The molecule has 0 amide bonds. The number of hydrogen-bond donors (Lipinski definition) is 0. The van der Waals surface area contributed by atoms with Crippen molar-refractivity contribution >= 4 is 10.0 Å². The lowest BCUT2D eigenvalue weighted by molar-refractivity contribution is 0.257. The Balaban J connectivity index is 1.39. The Labute approximate surface area is 140 Å². The molecule has 0 bridgehead atoms. The normalized spacial score (nSPS) is 21.9. The summed E-state index contributed by atoms with van der Waals surface area (Å²) in [6.45, 7) is 2.47. The van der Waals surface area contributed by atoms with Crippen molar-refractivity contribution in [2.75, 3.05) is 18.8 Å². The zero-order chi connectivity index (χ0) is 16.1. The van der Waals surface area contributed by atoms with Gasteiger partial charge in [-0.05, 0) is 50.4 Å². The van der Waals surface area contributed by atoms with Crippen LogP contribution in [0, 0.1) is 11.8 Å². The van der Waals surface area contributed by atoms with Gasteiger partial charge in [0.1, 0.15) is 0 Å². The number of sulfonamides is 1. The van der Waals surface area contributed by atoms with E-state index in [2.05, 4.69) is 9.55 Å². The van der Waals surface area contributed by atoms with E-state index in [1.807, 2.05) is 18.7 Å². The van der Waals surface area contributed by atoms with Crippen molar-refractivity contribution < 1.29 is 8.42 Å². The molecule has 1 aromatic heterocycles. The van der Waals surface area contributed by atoms with Crippen LogP contribution in [-0.4, -0.2) is 41.1 Å². The van der Waals surface area contributed by atoms with Gasteiger partial charge in [0.25, 0.3) is 0 Å². The van der Waals surface area contributed by atoms with E-state index in [4.69, 9.17) is 0 Å². The molecule has 6 heteroatoms. The van der Waals surface area contributed by atoms with Gasteiger partial charge in [-0.25, -0.2) is 17.7 Å². The summed E-state index contributed by atoms with van der Waals surface area (Å²) in [5.74, 6) is 1.47. The van der Waals surface area contributed by atoms with Crippen molar-refractivity contribution in [2.45, 2.75) is 57.9 Å². The van der Waals surface area contributed by atoms with Gasteiger partial charge in [-0.2, -0.15) is 0 Å². The minimum Gasteiger partial charge on any atom is -0.337 e. The van der Waals surface area contributed by atoms with E-state index >= 15 is 0 Å². The third-order valence-corrected chi connectivity index (χ3v) is 7.52. The molecule has 0 spiro atoms. The van der Waals surface area contributed by atoms with Crippen molar-refractivity contribution in [2.24, 2.45) is 11.8 Å². The number of rotatable bonds is 7. The van der Waals surface area contributed by atoms with Gasteiger partial charge >= 0.3 is 0 Å². The number of aryl methyl sites for hydroxylation is 1. The number of hydrogen-bond acceptors (Lipinski definition) is 3. The van der Waals surface area contributed by atoms with Gasteiger partial charge in [0.2, 0.25) is 10.0 Å². The molecule has 0 N–H and O–H groups in total. The highest BCUT2D eigenvalue weighted by Crippen LogP contribution is 2.29. The van der Waals surface area contributed by atoms with Crippen LogP contribution in [0.4, 0.5) is 0 Å². The zero-order valence-corrected chi connectivity index (χ0v) is 14.8. The van der Waals surface area contributed by atoms with Crippen molar-refractivity contribution in [1.82, 2.24) is 13.9 Å². The van der Waals surface area contributed by atoms with Crippen molar-refractivity contribution in [3.63, 3.8) is 0 Å². The summed E-state index contributed by atoms with van der Waals surface area (Å²) < 4.78 is 28.9. The first-order chi connectivity index (χ1) is 11.1. The molecule has 0 unspecified atom stereocenters. The molecule has 1 aliphatic heterocycles. The summed E-state index contributed by atoms with van der Waals surface area (Å²) in [5.41, 5.74) is 0. The van der Waals surface area contributed by atoms with Gasteiger partial charge < -0.3 is 4.57 Å². The molecule has 2 heterocycles. The highest BCUT2D eigenvalue weighted by molar-refractivity contribution is 7.89. The Bertz CT molecular complexity index is 557. The fourth-order valence-electron chi connectivity index (χ4n) is 4.04. The maximum Gasteiger partial charge on any atom is 0.214 e. The molecule has 0 aromatic carbocycles. The smallest absolute Gasteiger partial charge is 0.214 e. The van der Waals surface area contributed by atoms with Crippen LogP contribution in [-0.2, 0) is 16.6 Å². The Kier molecular flexibility index (Phi) is 5.75. The summed E-state index contributed by atoms with van der Waals surface area (Å²) in [6.07, 6.45) is 14.7. The minimum atomic E-state index is -3.03. The van der Waals surface area contributed by atoms with Crippen LogP contribution in [0.15, 0.2) is 18.7 Å². The second kappa shape index (κ2) is 7.79. The fraction of sp³-hybridized carbons (Fsp3) is 0.824. The largest absolute Gasteiger partial charge is 0.337 e. The lowest BCUT2D eigenvalue weighted by Crippen LogP contribution is -2.40. The number of piperidine rings is 1. The van der Waals surface area contributed by atoms with Crippen LogP contribution in [0.5, 0.6) is 0 Å². The molecule has 1 aliphatic carbocycles. The van der Waals surface area contributed by atoms with Gasteiger partial charge in [-0.3, -0.25) is 0 Å². The van der Waals surface area contributed by atoms with Crippen LogP contribution in [0.1, 0.15) is 51.4 Å². The van der Waals surface area contributed by atoms with Gasteiger partial charge in [0.05, 0.1) is 12.1 Å². The average molecular weight is 340 g/mol.